The van der Waals surface area contributed by atoms with Crippen molar-refractivity contribution in [3.8, 4) is 11.5 Å². The molecule has 0 aliphatic heterocycles. The molecule has 0 heterocycles. The monoisotopic (exact) mass is 289 g/mol. The molecule has 0 bridgehead atoms. The molecule has 1 unspecified atom stereocenters. The molecule has 0 aliphatic rings. The van der Waals surface area contributed by atoms with Crippen LogP contribution in [0.1, 0.15) is 22.7 Å². The Balaban J connectivity index is 2.31. The Morgan fingerprint density at radius 1 is 1.10 bits per heavy atom. The Bertz CT molecular complexity index is 628. The fourth-order valence-corrected chi connectivity index (χ4v) is 2.34. The molecule has 0 spiro atoms. The van der Waals surface area contributed by atoms with E-state index in [1.54, 1.807) is 20.3 Å². The highest BCUT2D eigenvalue weighted by molar-refractivity contribution is 5.43. The van der Waals surface area contributed by atoms with Crippen molar-refractivity contribution in [2.24, 2.45) is 5.73 Å². The smallest absolute Gasteiger partial charge is 0.123 e. The van der Waals surface area contributed by atoms with E-state index >= 15 is 0 Å². The van der Waals surface area contributed by atoms with Crippen molar-refractivity contribution >= 4 is 0 Å². The topological polar surface area (TPSA) is 44.5 Å². The molecule has 0 saturated carbocycles. The number of hydrogen-bond acceptors (Lipinski definition) is 3. The molecule has 21 heavy (non-hydrogen) atoms. The van der Waals surface area contributed by atoms with E-state index in [1.165, 1.54) is 12.1 Å². The summed E-state index contributed by atoms with van der Waals surface area (Å²) in [6, 6.07) is 9.96. The number of nitrogens with two attached hydrogens (primary N) is 1. The van der Waals surface area contributed by atoms with Crippen molar-refractivity contribution in [3.63, 3.8) is 0 Å². The lowest BCUT2D eigenvalue weighted by Crippen LogP contribution is -2.15. The Morgan fingerprint density at radius 2 is 1.86 bits per heavy atom. The molecule has 0 saturated heterocycles. The molecular formula is C17H20FNO2. The van der Waals surface area contributed by atoms with Crippen LogP contribution in [-0.2, 0) is 6.42 Å². The van der Waals surface area contributed by atoms with Crippen LogP contribution in [0.15, 0.2) is 36.4 Å². The van der Waals surface area contributed by atoms with Gasteiger partial charge in [0.25, 0.3) is 0 Å². The number of halogens is 1. The largest absolute Gasteiger partial charge is 0.497 e. The second kappa shape index (κ2) is 6.59. The minimum Gasteiger partial charge on any atom is -0.497 e. The highest BCUT2D eigenvalue weighted by Gasteiger charge is 2.15. The van der Waals surface area contributed by atoms with Crippen LogP contribution in [0, 0.1) is 12.7 Å². The van der Waals surface area contributed by atoms with Gasteiger partial charge in [-0.25, -0.2) is 4.39 Å². The number of methoxy groups -OCH3 is 2. The normalized spacial score (nSPS) is 12.0. The van der Waals surface area contributed by atoms with Crippen LogP contribution in [0.4, 0.5) is 4.39 Å². The van der Waals surface area contributed by atoms with Crippen LogP contribution in [0.2, 0.25) is 0 Å². The van der Waals surface area contributed by atoms with Gasteiger partial charge in [-0.3, -0.25) is 0 Å². The number of rotatable bonds is 5. The second-order valence-corrected chi connectivity index (χ2v) is 4.99. The van der Waals surface area contributed by atoms with Crippen molar-refractivity contribution in [3.05, 3.63) is 58.9 Å². The first kappa shape index (κ1) is 15.3. The first-order chi connectivity index (χ1) is 10.0. The first-order valence-electron chi connectivity index (χ1n) is 6.77. The van der Waals surface area contributed by atoms with E-state index < -0.39 is 0 Å². The molecule has 1 atom stereocenters. The van der Waals surface area contributed by atoms with E-state index in [4.69, 9.17) is 15.2 Å². The lowest BCUT2D eigenvalue weighted by atomic mass is 9.96. The number of ether oxygens (including phenoxy) is 2. The highest BCUT2D eigenvalue weighted by atomic mass is 19.1. The fourth-order valence-electron chi connectivity index (χ4n) is 2.34. The molecule has 0 radical (unpaired) electrons. The van der Waals surface area contributed by atoms with Gasteiger partial charge in [0.2, 0.25) is 0 Å². The van der Waals surface area contributed by atoms with Gasteiger partial charge in [-0.15, -0.1) is 0 Å². The predicted molar refractivity (Wildman–Crippen MR) is 81.3 cm³/mol. The average Bonchev–Trinajstić information content (AvgIpc) is 2.50. The summed E-state index contributed by atoms with van der Waals surface area (Å²) in [5.41, 5.74) is 9.05. The molecule has 2 rings (SSSR count). The number of aryl methyl sites for hydroxylation is 1. The Morgan fingerprint density at radius 3 is 2.52 bits per heavy atom. The van der Waals surface area contributed by atoms with Crippen molar-refractivity contribution in [2.45, 2.75) is 19.4 Å². The summed E-state index contributed by atoms with van der Waals surface area (Å²) in [6.45, 7) is 1.95. The summed E-state index contributed by atoms with van der Waals surface area (Å²) < 4.78 is 24.0. The van der Waals surface area contributed by atoms with Crippen molar-refractivity contribution in [1.82, 2.24) is 0 Å². The van der Waals surface area contributed by atoms with Crippen LogP contribution in [0.3, 0.4) is 0 Å². The minimum absolute atomic E-state index is 0.250. The third-order valence-corrected chi connectivity index (χ3v) is 3.59. The van der Waals surface area contributed by atoms with Crippen molar-refractivity contribution in [1.29, 1.82) is 0 Å². The molecule has 0 fully saturated rings. The molecule has 3 nitrogen and oxygen atoms in total. The van der Waals surface area contributed by atoms with Gasteiger partial charge in [-0.2, -0.15) is 0 Å². The maximum Gasteiger partial charge on any atom is 0.123 e. The van der Waals surface area contributed by atoms with Crippen LogP contribution < -0.4 is 15.2 Å². The molecule has 2 N–H and O–H groups in total. The zero-order valence-electron chi connectivity index (χ0n) is 12.5. The third-order valence-electron chi connectivity index (χ3n) is 3.59. The molecule has 2 aromatic rings. The lowest BCUT2D eigenvalue weighted by Gasteiger charge is -2.18. The maximum absolute atomic E-state index is 13.4. The van der Waals surface area contributed by atoms with Gasteiger partial charge in [0, 0.05) is 11.6 Å². The summed E-state index contributed by atoms with van der Waals surface area (Å²) >= 11 is 0. The third kappa shape index (κ3) is 3.52. The van der Waals surface area contributed by atoms with E-state index in [1.807, 2.05) is 25.1 Å². The summed E-state index contributed by atoms with van der Waals surface area (Å²) in [4.78, 5) is 0. The van der Waals surface area contributed by atoms with Gasteiger partial charge in [0.1, 0.15) is 17.3 Å². The van der Waals surface area contributed by atoms with Gasteiger partial charge < -0.3 is 15.2 Å². The second-order valence-electron chi connectivity index (χ2n) is 4.99. The fraction of sp³-hybridized carbons (Fsp3) is 0.294. The Hall–Kier alpha value is -2.07. The van der Waals surface area contributed by atoms with E-state index in [-0.39, 0.29) is 11.9 Å². The van der Waals surface area contributed by atoms with Gasteiger partial charge >= 0.3 is 0 Å². The quantitative estimate of drug-likeness (QED) is 0.917. The molecule has 0 aromatic heterocycles. The van der Waals surface area contributed by atoms with Gasteiger partial charge in [0.05, 0.1) is 14.2 Å². The van der Waals surface area contributed by atoms with Crippen LogP contribution in [0.5, 0.6) is 11.5 Å². The first-order valence-corrected chi connectivity index (χ1v) is 6.77. The molecule has 4 heteroatoms. The lowest BCUT2D eigenvalue weighted by molar-refractivity contribution is 0.395. The van der Waals surface area contributed by atoms with Crippen molar-refractivity contribution < 1.29 is 13.9 Å². The molecule has 2 aromatic carbocycles. The Kier molecular flexibility index (Phi) is 4.81. The average molecular weight is 289 g/mol. The predicted octanol–water partition coefficient (Wildman–Crippen LogP) is 3.39. The van der Waals surface area contributed by atoms with Gasteiger partial charge in [-0.1, -0.05) is 6.07 Å². The van der Waals surface area contributed by atoms with E-state index in [0.29, 0.717) is 12.2 Å². The summed E-state index contributed by atoms with van der Waals surface area (Å²) in [7, 11) is 3.21. The zero-order valence-corrected chi connectivity index (χ0v) is 12.5. The zero-order chi connectivity index (χ0) is 15.4. The molecule has 0 aliphatic carbocycles. The molecule has 0 amide bonds. The van der Waals surface area contributed by atoms with Gasteiger partial charge in [-0.05, 0) is 54.8 Å². The van der Waals surface area contributed by atoms with Crippen LogP contribution in [0.25, 0.3) is 0 Å². The van der Waals surface area contributed by atoms with Crippen LogP contribution in [-0.4, -0.2) is 14.2 Å². The van der Waals surface area contributed by atoms with E-state index in [2.05, 4.69) is 0 Å². The van der Waals surface area contributed by atoms with Gasteiger partial charge in [0.15, 0.2) is 0 Å². The van der Waals surface area contributed by atoms with E-state index in [0.717, 1.165) is 22.4 Å². The number of hydrogen-bond donors (Lipinski definition) is 1. The SMILES string of the molecule is COc1ccc(OC)c(C(N)Cc2cc(F)ccc2C)c1. The standard InChI is InChI=1S/C17H20FNO2/c1-11-4-5-13(18)8-12(11)9-16(19)15-10-14(20-2)6-7-17(15)21-3/h4-8,10,16H,9,19H2,1-3H3. The summed E-state index contributed by atoms with van der Waals surface area (Å²) in [5, 5.41) is 0. The number of benzene rings is 2. The maximum atomic E-state index is 13.4. The highest BCUT2D eigenvalue weighted by Crippen LogP contribution is 2.30. The molecule has 112 valence electrons. The van der Waals surface area contributed by atoms with Crippen molar-refractivity contribution in [2.75, 3.05) is 14.2 Å². The van der Waals surface area contributed by atoms with Crippen LogP contribution >= 0.6 is 0 Å². The van der Waals surface area contributed by atoms with E-state index in [9.17, 15) is 4.39 Å². The summed E-state index contributed by atoms with van der Waals surface area (Å²) in [5.74, 6) is 1.18. The Labute approximate surface area is 124 Å². The molecular weight excluding hydrogens is 269 g/mol. The minimum atomic E-state index is -0.296. The summed E-state index contributed by atoms with van der Waals surface area (Å²) in [6.07, 6.45) is 0.535.